The summed E-state index contributed by atoms with van der Waals surface area (Å²) in [4.78, 5) is 16.6. The molecule has 0 saturated carbocycles. The zero-order valence-corrected chi connectivity index (χ0v) is 13.9. The average molecular weight is 303 g/mol. The number of carbonyl (C=O) groups excluding carboxylic acids is 1. The van der Waals surface area contributed by atoms with Crippen molar-refractivity contribution in [1.29, 1.82) is 0 Å². The summed E-state index contributed by atoms with van der Waals surface area (Å²) in [7, 11) is 0. The van der Waals surface area contributed by atoms with Crippen molar-refractivity contribution in [3.8, 4) is 0 Å². The van der Waals surface area contributed by atoms with Crippen molar-refractivity contribution in [3.63, 3.8) is 0 Å². The van der Waals surface area contributed by atoms with Crippen LogP contribution in [-0.2, 0) is 9.63 Å². The molecule has 1 unspecified atom stereocenters. The molecule has 122 valence electrons. The van der Waals surface area contributed by atoms with E-state index >= 15 is 0 Å². The highest BCUT2D eigenvalue weighted by Crippen LogP contribution is 2.27. The molecule has 0 radical (unpaired) electrons. The predicted molar refractivity (Wildman–Crippen MR) is 90.7 cm³/mol. The molecule has 3 heteroatoms. The molecule has 0 bridgehead atoms. The minimum absolute atomic E-state index is 0.276. The zero-order valence-electron chi connectivity index (χ0n) is 13.9. The van der Waals surface area contributed by atoms with E-state index in [0.717, 1.165) is 18.6 Å². The molecule has 22 heavy (non-hydrogen) atoms. The Balaban J connectivity index is 1.95. The van der Waals surface area contributed by atoms with Crippen molar-refractivity contribution in [3.05, 3.63) is 23.8 Å². The van der Waals surface area contributed by atoms with Crippen LogP contribution in [-0.4, -0.2) is 11.7 Å². The molecule has 2 rings (SSSR count). The summed E-state index contributed by atoms with van der Waals surface area (Å²) in [5.74, 6) is 0.109. The maximum absolute atomic E-state index is 11.7. The first-order valence-electron chi connectivity index (χ1n) is 8.94. The van der Waals surface area contributed by atoms with Crippen molar-refractivity contribution < 1.29 is 9.63 Å². The van der Waals surface area contributed by atoms with Gasteiger partial charge in [-0.3, -0.25) is 0 Å². The van der Waals surface area contributed by atoms with Crippen LogP contribution in [0.5, 0.6) is 0 Å². The minimum Gasteiger partial charge on any atom is -0.312 e. The zero-order chi connectivity index (χ0) is 15.6. The summed E-state index contributed by atoms with van der Waals surface area (Å²) < 4.78 is 0. The Morgan fingerprint density at radius 2 is 1.59 bits per heavy atom. The molecule has 1 aliphatic carbocycles. The summed E-state index contributed by atoms with van der Waals surface area (Å²) >= 11 is 0. The van der Waals surface area contributed by atoms with Crippen LogP contribution >= 0.6 is 0 Å². The van der Waals surface area contributed by atoms with Crippen LogP contribution in [0.3, 0.4) is 0 Å². The van der Waals surface area contributed by atoms with Gasteiger partial charge in [0.2, 0.25) is 0 Å². The number of carbonyl (C=O) groups is 1. The second kappa shape index (κ2) is 9.60. The molecule has 2 aliphatic rings. The molecule has 0 amide bonds. The molecule has 1 atom stereocenters. The lowest BCUT2D eigenvalue weighted by Crippen LogP contribution is -2.17. The van der Waals surface area contributed by atoms with E-state index < -0.39 is 0 Å². The fourth-order valence-corrected chi connectivity index (χ4v) is 3.34. The van der Waals surface area contributed by atoms with Crippen LogP contribution in [0.25, 0.3) is 0 Å². The molecule has 0 aromatic rings. The molecular formula is C19H29NO2. The van der Waals surface area contributed by atoms with Crippen LogP contribution in [0.15, 0.2) is 29.0 Å². The first-order chi connectivity index (χ1) is 10.8. The van der Waals surface area contributed by atoms with Gasteiger partial charge in [0.15, 0.2) is 0 Å². The third-order valence-electron chi connectivity index (χ3n) is 4.66. The molecule has 1 aliphatic heterocycles. The summed E-state index contributed by atoms with van der Waals surface area (Å²) in [6, 6.07) is 0. The van der Waals surface area contributed by atoms with Gasteiger partial charge >= 0.3 is 5.97 Å². The van der Waals surface area contributed by atoms with Crippen LogP contribution in [0.2, 0.25) is 0 Å². The number of allylic oxidation sites excluding steroid dienone is 3. The van der Waals surface area contributed by atoms with Gasteiger partial charge < -0.3 is 4.84 Å². The lowest BCUT2D eigenvalue weighted by molar-refractivity contribution is -0.136. The number of oxime groups is 1. The van der Waals surface area contributed by atoms with Gasteiger partial charge in [-0.2, -0.15) is 0 Å². The molecule has 0 spiro atoms. The maximum atomic E-state index is 11.7. The van der Waals surface area contributed by atoms with Crippen molar-refractivity contribution in [1.82, 2.24) is 0 Å². The van der Waals surface area contributed by atoms with E-state index in [1.807, 2.05) is 13.0 Å². The van der Waals surface area contributed by atoms with E-state index in [2.05, 4.69) is 17.3 Å². The Labute approximate surface area is 134 Å². The van der Waals surface area contributed by atoms with Gasteiger partial charge in [0.05, 0.1) is 11.3 Å². The SMILES string of the molecule is C/C=C1\C(=O)ON=C1C1CCCCC/C=C\CCCCCC1. The quantitative estimate of drug-likeness (QED) is 0.373. The summed E-state index contributed by atoms with van der Waals surface area (Å²) in [6.45, 7) is 1.90. The third-order valence-corrected chi connectivity index (χ3v) is 4.66. The molecule has 0 aromatic carbocycles. The van der Waals surface area contributed by atoms with Gasteiger partial charge in [-0.05, 0) is 45.4 Å². The fourth-order valence-electron chi connectivity index (χ4n) is 3.34. The Kier molecular flexibility index (Phi) is 7.41. The molecule has 0 saturated heterocycles. The predicted octanol–water partition coefficient (Wildman–Crippen LogP) is 5.32. The lowest BCUT2D eigenvalue weighted by Gasteiger charge is -2.16. The minimum atomic E-state index is -0.276. The Morgan fingerprint density at radius 1 is 1.00 bits per heavy atom. The van der Waals surface area contributed by atoms with Crippen molar-refractivity contribution in [2.45, 2.75) is 77.6 Å². The molecule has 0 N–H and O–H groups in total. The third kappa shape index (κ3) is 5.11. The topological polar surface area (TPSA) is 38.7 Å². The second-order valence-electron chi connectivity index (χ2n) is 6.36. The van der Waals surface area contributed by atoms with Gasteiger partial charge in [0.25, 0.3) is 0 Å². The van der Waals surface area contributed by atoms with Gasteiger partial charge in [0.1, 0.15) is 0 Å². The maximum Gasteiger partial charge on any atom is 0.367 e. The van der Waals surface area contributed by atoms with Crippen molar-refractivity contribution >= 4 is 11.7 Å². The van der Waals surface area contributed by atoms with E-state index in [1.165, 1.54) is 57.8 Å². The van der Waals surface area contributed by atoms with E-state index in [0.29, 0.717) is 11.5 Å². The largest absolute Gasteiger partial charge is 0.367 e. The highest BCUT2D eigenvalue weighted by atomic mass is 16.7. The number of hydrogen-bond acceptors (Lipinski definition) is 3. The molecule has 0 fully saturated rings. The first-order valence-corrected chi connectivity index (χ1v) is 8.94. The first kappa shape index (κ1) is 17.0. The van der Waals surface area contributed by atoms with Gasteiger partial charge in [-0.25, -0.2) is 4.79 Å². The van der Waals surface area contributed by atoms with E-state index in [-0.39, 0.29) is 5.97 Å². The standard InChI is InChI=1S/C19H29NO2/c1-2-17-18(20-22-19(17)21)16-14-12-10-8-6-4-3-5-7-9-11-13-15-16/h2-4,16H,5-15H2,1H3/b4-3-,17-2-. The number of hydrogen-bond donors (Lipinski definition) is 0. The molecule has 3 nitrogen and oxygen atoms in total. The highest BCUT2D eigenvalue weighted by Gasteiger charge is 2.30. The summed E-state index contributed by atoms with van der Waals surface area (Å²) in [5.41, 5.74) is 1.59. The van der Waals surface area contributed by atoms with Gasteiger partial charge in [-0.15, -0.1) is 0 Å². The number of rotatable bonds is 1. The Morgan fingerprint density at radius 3 is 2.23 bits per heavy atom. The summed E-state index contributed by atoms with van der Waals surface area (Å²) in [6.07, 6.45) is 20.0. The van der Waals surface area contributed by atoms with Gasteiger partial charge in [0, 0.05) is 5.92 Å². The van der Waals surface area contributed by atoms with Crippen LogP contribution in [0.4, 0.5) is 0 Å². The van der Waals surface area contributed by atoms with Crippen molar-refractivity contribution in [2.75, 3.05) is 0 Å². The van der Waals surface area contributed by atoms with E-state index in [9.17, 15) is 4.79 Å². The number of nitrogens with zero attached hydrogens (tertiary/aromatic N) is 1. The Bertz CT molecular complexity index is 448. The van der Waals surface area contributed by atoms with E-state index in [4.69, 9.17) is 4.84 Å². The van der Waals surface area contributed by atoms with Gasteiger partial charge in [-0.1, -0.05) is 55.5 Å². The molecule has 0 aromatic heterocycles. The Hall–Kier alpha value is -1.38. The second-order valence-corrected chi connectivity index (χ2v) is 6.36. The normalized spacial score (nSPS) is 28.8. The lowest BCUT2D eigenvalue weighted by atomic mass is 9.87. The molecule has 1 heterocycles. The van der Waals surface area contributed by atoms with Crippen LogP contribution < -0.4 is 0 Å². The highest BCUT2D eigenvalue weighted by molar-refractivity contribution is 6.22. The molecular weight excluding hydrogens is 274 g/mol. The van der Waals surface area contributed by atoms with Crippen LogP contribution in [0.1, 0.15) is 77.6 Å². The van der Waals surface area contributed by atoms with Crippen LogP contribution in [0, 0.1) is 5.92 Å². The van der Waals surface area contributed by atoms with Crippen molar-refractivity contribution in [2.24, 2.45) is 11.1 Å². The monoisotopic (exact) mass is 303 g/mol. The fraction of sp³-hybridized carbons (Fsp3) is 0.684. The smallest absolute Gasteiger partial charge is 0.312 e. The van der Waals surface area contributed by atoms with E-state index in [1.54, 1.807) is 0 Å². The summed E-state index contributed by atoms with van der Waals surface area (Å²) in [5, 5.41) is 4.08. The average Bonchev–Trinajstić information content (AvgIpc) is 2.90.